The molecule has 3 atom stereocenters. The maximum absolute atomic E-state index is 14.9. The molecule has 3 aliphatic rings. The molecule has 3 aromatic rings. The van der Waals surface area contributed by atoms with Crippen molar-refractivity contribution in [3.05, 3.63) is 101 Å². The molecular formula is C27H15F4NO5. The molecule has 3 aromatic carbocycles. The molecule has 37 heavy (non-hydrogen) atoms. The van der Waals surface area contributed by atoms with E-state index >= 15 is 0 Å². The molecule has 1 spiro atoms. The van der Waals surface area contributed by atoms with Gasteiger partial charge >= 0.3 is 6.18 Å². The summed E-state index contributed by atoms with van der Waals surface area (Å²) in [6.07, 6.45) is -6.49. The van der Waals surface area contributed by atoms with E-state index in [1.807, 2.05) is 0 Å². The quantitative estimate of drug-likeness (QED) is 0.288. The first-order valence-electron chi connectivity index (χ1n) is 11.2. The third-order valence-corrected chi connectivity index (χ3v) is 7.18. The number of anilines is 1. The van der Waals surface area contributed by atoms with Gasteiger partial charge in [-0.25, -0.2) is 9.29 Å². The number of ketones is 2. The molecule has 6 nitrogen and oxygen atoms in total. The number of rotatable bonds is 2. The van der Waals surface area contributed by atoms with Crippen LogP contribution in [0.2, 0.25) is 0 Å². The number of carbonyl (C=O) groups is 4. The molecule has 2 heterocycles. The van der Waals surface area contributed by atoms with Crippen molar-refractivity contribution in [2.45, 2.75) is 17.9 Å². The minimum Gasteiger partial charge on any atom is -0.349 e. The zero-order valence-corrected chi connectivity index (χ0v) is 18.7. The van der Waals surface area contributed by atoms with E-state index in [1.165, 1.54) is 48.5 Å². The summed E-state index contributed by atoms with van der Waals surface area (Å²) in [6, 6.07) is 14.9. The van der Waals surface area contributed by atoms with Crippen LogP contribution in [0.3, 0.4) is 0 Å². The van der Waals surface area contributed by atoms with E-state index in [2.05, 4.69) is 0 Å². The molecule has 2 aliphatic heterocycles. The van der Waals surface area contributed by atoms with E-state index in [0.29, 0.717) is 11.0 Å². The lowest BCUT2D eigenvalue weighted by Gasteiger charge is -2.28. The molecule has 186 valence electrons. The molecule has 0 radical (unpaired) electrons. The largest absolute Gasteiger partial charge is 0.418 e. The smallest absolute Gasteiger partial charge is 0.349 e. The summed E-state index contributed by atoms with van der Waals surface area (Å²) in [6.45, 7) is 0. The second kappa shape index (κ2) is 7.66. The second-order valence-electron chi connectivity index (χ2n) is 9.03. The topological polar surface area (TPSA) is 80.8 Å². The highest BCUT2D eigenvalue weighted by Crippen LogP contribution is 2.58. The van der Waals surface area contributed by atoms with Gasteiger partial charge in [0.1, 0.15) is 5.82 Å². The van der Waals surface area contributed by atoms with Crippen LogP contribution >= 0.6 is 0 Å². The fraction of sp³-hybridized carbons (Fsp3) is 0.185. The van der Waals surface area contributed by atoms with Crippen LogP contribution < -0.4 is 4.90 Å². The highest BCUT2D eigenvalue weighted by molar-refractivity contribution is 6.37. The van der Waals surface area contributed by atoms with Crippen LogP contribution in [0.4, 0.5) is 23.2 Å². The molecule has 2 amide bonds. The van der Waals surface area contributed by atoms with Gasteiger partial charge in [-0.05, 0) is 18.2 Å². The van der Waals surface area contributed by atoms with Gasteiger partial charge in [0.2, 0.25) is 29.0 Å². The van der Waals surface area contributed by atoms with Gasteiger partial charge in [0.25, 0.3) is 0 Å². The SMILES string of the molecule is O=C1[C@@H]2[C@@H](c3ccccc3F)OC3(C(=O)c4ccccc4C3=O)[C@@H]2C(=O)N1c1ccccc1C(F)(F)F. The number of hydrogen-bond acceptors (Lipinski definition) is 5. The highest BCUT2D eigenvalue weighted by atomic mass is 19.4. The van der Waals surface area contributed by atoms with Crippen LogP contribution in [0.5, 0.6) is 0 Å². The lowest BCUT2D eigenvalue weighted by Crippen LogP contribution is -2.51. The number of benzene rings is 3. The van der Waals surface area contributed by atoms with E-state index < -0.39 is 70.2 Å². The molecule has 0 saturated carbocycles. The summed E-state index contributed by atoms with van der Waals surface area (Å²) in [4.78, 5) is 55.2. The molecule has 0 bridgehead atoms. The fourth-order valence-electron chi connectivity index (χ4n) is 5.65. The van der Waals surface area contributed by atoms with Crippen LogP contribution in [-0.2, 0) is 20.5 Å². The Bertz CT molecular complexity index is 1500. The van der Waals surface area contributed by atoms with Gasteiger partial charge in [-0.2, -0.15) is 13.2 Å². The summed E-state index contributed by atoms with van der Waals surface area (Å²) in [5.74, 6) is -8.34. The van der Waals surface area contributed by atoms with Crippen molar-refractivity contribution in [2.24, 2.45) is 11.8 Å². The lowest BCUT2D eigenvalue weighted by molar-refractivity contribution is -0.137. The van der Waals surface area contributed by atoms with Crippen LogP contribution in [0.1, 0.15) is 37.9 Å². The van der Waals surface area contributed by atoms with Crippen molar-refractivity contribution in [3.8, 4) is 0 Å². The number of nitrogens with zero attached hydrogens (tertiary/aromatic N) is 1. The van der Waals surface area contributed by atoms with Crippen LogP contribution in [0, 0.1) is 17.7 Å². The van der Waals surface area contributed by atoms with E-state index in [0.717, 1.165) is 18.2 Å². The van der Waals surface area contributed by atoms with Gasteiger partial charge in [-0.3, -0.25) is 19.2 Å². The van der Waals surface area contributed by atoms with E-state index in [4.69, 9.17) is 4.74 Å². The van der Waals surface area contributed by atoms with Crippen LogP contribution in [0.25, 0.3) is 0 Å². The number of carbonyl (C=O) groups excluding carboxylic acids is 4. The van der Waals surface area contributed by atoms with Crippen molar-refractivity contribution in [2.75, 3.05) is 4.90 Å². The minimum atomic E-state index is -4.91. The maximum atomic E-state index is 14.9. The molecule has 10 heteroatoms. The summed E-state index contributed by atoms with van der Waals surface area (Å²) >= 11 is 0. The van der Waals surface area contributed by atoms with Gasteiger partial charge in [-0.15, -0.1) is 0 Å². The second-order valence-corrected chi connectivity index (χ2v) is 9.03. The van der Waals surface area contributed by atoms with Gasteiger partial charge in [-0.1, -0.05) is 54.6 Å². The van der Waals surface area contributed by atoms with Crippen molar-refractivity contribution in [1.29, 1.82) is 0 Å². The van der Waals surface area contributed by atoms with Crippen molar-refractivity contribution in [1.82, 2.24) is 0 Å². The van der Waals surface area contributed by atoms with E-state index in [9.17, 15) is 36.7 Å². The number of hydrogen-bond donors (Lipinski definition) is 0. The van der Waals surface area contributed by atoms with Crippen molar-refractivity contribution >= 4 is 29.1 Å². The third-order valence-electron chi connectivity index (χ3n) is 7.18. The number of alkyl halides is 3. The number of halogens is 4. The Kier molecular flexibility index (Phi) is 4.81. The molecule has 6 rings (SSSR count). The zero-order chi connectivity index (χ0) is 26.3. The lowest BCUT2D eigenvalue weighted by atomic mass is 9.77. The molecule has 2 saturated heterocycles. The number of fused-ring (bicyclic) bond motifs is 3. The minimum absolute atomic E-state index is 0.0465. The molecule has 0 aromatic heterocycles. The van der Waals surface area contributed by atoms with Crippen LogP contribution in [0.15, 0.2) is 72.8 Å². The fourth-order valence-corrected chi connectivity index (χ4v) is 5.65. The number of ether oxygens (including phenoxy) is 1. The van der Waals surface area contributed by atoms with Crippen molar-refractivity contribution in [3.63, 3.8) is 0 Å². The van der Waals surface area contributed by atoms with E-state index in [-0.39, 0.29) is 16.7 Å². The molecule has 0 unspecified atom stereocenters. The van der Waals surface area contributed by atoms with Gasteiger partial charge in [0.05, 0.1) is 29.2 Å². The highest BCUT2D eigenvalue weighted by Gasteiger charge is 2.75. The van der Waals surface area contributed by atoms with Gasteiger partial charge in [0.15, 0.2) is 0 Å². The normalized spacial score (nSPS) is 24.2. The Hall–Kier alpha value is -4.18. The summed E-state index contributed by atoms with van der Waals surface area (Å²) in [5.41, 5.74) is -4.79. The Morgan fingerprint density at radius 1 is 0.757 bits per heavy atom. The van der Waals surface area contributed by atoms with Gasteiger partial charge in [0, 0.05) is 16.7 Å². The molecule has 2 fully saturated rings. The standard InChI is InChI=1S/C27H15F4NO5/c28-17-11-5-3-9-15(17)21-19-20(26(37-21)22(33)13-7-1-2-8-14(13)23(26)34)25(36)32(24(19)35)18-12-6-4-10-16(18)27(29,30)31/h1-12,19-21H/t19-,20-,21+/m0/s1. The number of Topliss-reactive ketones (excluding diaryl/α,β-unsaturated/α-hetero) is 2. The first-order valence-corrected chi connectivity index (χ1v) is 11.2. The predicted octanol–water partition coefficient (Wildman–Crippen LogP) is 4.54. The first-order chi connectivity index (χ1) is 17.6. The third kappa shape index (κ3) is 2.96. The summed E-state index contributed by atoms with van der Waals surface area (Å²) in [7, 11) is 0. The zero-order valence-electron chi connectivity index (χ0n) is 18.7. The molecule has 1 aliphatic carbocycles. The Labute approximate surface area is 206 Å². The Balaban J connectivity index is 1.58. The Morgan fingerprint density at radius 3 is 1.95 bits per heavy atom. The summed E-state index contributed by atoms with van der Waals surface area (Å²) < 4.78 is 62.3. The maximum Gasteiger partial charge on any atom is 0.418 e. The van der Waals surface area contributed by atoms with Crippen LogP contribution in [-0.4, -0.2) is 29.0 Å². The summed E-state index contributed by atoms with van der Waals surface area (Å²) in [5, 5.41) is 0. The molecular weight excluding hydrogens is 494 g/mol. The predicted molar refractivity (Wildman–Crippen MR) is 119 cm³/mol. The van der Waals surface area contributed by atoms with E-state index in [1.54, 1.807) is 0 Å². The Morgan fingerprint density at radius 2 is 1.32 bits per heavy atom. The average Bonchev–Trinajstić information content (AvgIpc) is 3.44. The number of para-hydroxylation sites is 1. The van der Waals surface area contributed by atoms with Gasteiger partial charge < -0.3 is 4.74 Å². The number of imide groups is 1. The average molecular weight is 509 g/mol. The number of amides is 2. The van der Waals surface area contributed by atoms with Crippen molar-refractivity contribution < 1.29 is 41.5 Å². The molecule has 0 N–H and O–H groups in total. The first kappa shape index (κ1) is 23.2. The monoisotopic (exact) mass is 509 g/mol.